The minimum Gasteiger partial charge on any atom is -0.459 e. The summed E-state index contributed by atoms with van der Waals surface area (Å²) in [6, 6.07) is 4.13. The van der Waals surface area contributed by atoms with Gasteiger partial charge in [0, 0.05) is 12.6 Å². The van der Waals surface area contributed by atoms with Crippen molar-refractivity contribution >= 4 is 0 Å². The SMILES string of the molecule is c1coc(-c2nnc(CN3CCO[C@@H]4CCCC[C@@H]43)o2)c1. The Bertz CT molecular complexity index is 579. The van der Waals surface area contributed by atoms with Crippen LogP contribution in [0.3, 0.4) is 0 Å². The molecule has 0 bridgehead atoms. The molecule has 2 atom stereocenters. The van der Waals surface area contributed by atoms with Crippen molar-refractivity contribution in [3.63, 3.8) is 0 Å². The highest BCUT2D eigenvalue weighted by molar-refractivity contribution is 5.42. The van der Waals surface area contributed by atoms with E-state index in [2.05, 4.69) is 15.1 Å². The molecular weight excluding hydrogens is 270 g/mol. The Kier molecular flexibility index (Phi) is 3.48. The van der Waals surface area contributed by atoms with Crippen molar-refractivity contribution in [3.8, 4) is 11.7 Å². The average molecular weight is 289 g/mol. The van der Waals surface area contributed by atoms with Crippen molar-refractivity contribution < 1.29 is 13.6 Å². The largest absolute Gasteiger partial charge is 0.459 e. The van der Waals surface area contributed by atoms with Gasteiger partial charge in [0.25, 0.3) is 5.89 Å². The number of hydrogen-bond donors (Lipinski definition) is 0. The van der Waals surface area contributed by atoms with Gasteiger partial charge in [-0.25, -0.2) is 0 Å². The maximum absolute atomic E-state index is 5.89. The quantitative estimate of drug-likeness (QED) is 0.865. The summed E-state index contributed by atoms with van der Waals surface area (Å²) in [6.45, 7) is 2.41. The Hall–Kier alpha value is -1.66. The van der Waals surface area contributed by atoms with Gasteiger partial charge >= 0.3 is 0 Å². The molecule has 2 aromatic heterocycles. The third-order valence-corrected chi connectivity index (χ3v) is 4.38. The van der Waals surface area contributed by atoms with Crippen LogP contribution in [0.1, 0.15) is 31.6 Å². The Labute approximate surface area is 123 Å². The van der Waals surface area contributed by atoms with Crippen molar-refractivity contribution in [2.45, 2.75) is 44.4 Å². The van der Waals surface area contributed by atoms with E-state index in [0.717, 1.165) is 13.2 Å². The fourth-order valence-electron chi connectivity index (χ4n) is 3.36. The van der Waals surface area contributed by atoms with Gasteiger partial charge in [0.1, 0.15) is 0 Å². The summed E-state index contributed by atoms with van der Waals surface area (Å²) in [6.07, 6.45) is 6.90. The average Bonchev–Trinajstić information content (AvgIpc) is 3.18. The number of nitrogens with zero attached hydrogens (tertiary/aromatic N) is 3. The van der Waals surface area contributed by atoms with E-state index >= 15 is 0 Å². The summed E-state index contributed by atoms with van der Waals surface area (Å²) < 4.78 is 16.9. The lowest BCUT2D eigenvalue weighted by Gasteiger charge is -2.43. The van der Waals surface area contributed by atoms with E-state index in [1.807, 2.05) is 12.1 Å². The highest BCUT2D eigenvalue weighted by atomic mass is 16.5. The van der Waals surface area contributed by atoms with Crippen LogP contribution in [0.4, 0.5) is 0 Å². The molecule has 2 aromatic rings. The first kappa shape index (κ1) is 13.0. The maximum atomic E-state index is 5.89. The normalized spacial score (nSPS) is 26.7. The number of rotatable bonds is 3. The van der Waals surface area contributed by atoms with E-state index in [0.29, 0.717) is 36.2 Å². The summed E-state index contributed by atoms with van der Waals surface area (Å²) >= 11 is 0. The first-order chi connectivity index (χ1) is 10.4. The third kappa shape index (κ3) is 2.61. The Morgan fingerprint density at radius 3 is 3.10 bits per heavy atom. The zero-order valence-corrected chi connectivity index (χ0v) is 11.9. The van der Waals surface area contributed by atoms with Gasteiger partial charge in [-0.2, -0.15) is 0 Å². The second-order valence-electron chi connectivity index (χ2n) is 5.71. The summed E-state index contributed by atoms with van der Waals surface area (Å²) in [5.41, 5.74) is 0. The van der Waals surface area contributed by atoms with Crippen LogP contribution in [0.15, 0.2) is 27.2 Å². The monoisotopic (exact) mass is 289 g/mol. The number of aromatic nitrogens is 2. The second kappa shape index (κ2) is 5.61. The number of hydrogen-bond acceptors (Lipinski definition) is 6. The lowest BCUT2D eigenvalue weighted by atomic mass is 9.90. The highest BCUT2D eigenvalue weighted by Crippen LogP contribution is 2.29. The molecule has 0 N–H and O–H groups in total. The Balaban J connectivity index is 1.47. The molecule has 0 amide bonds. The topological polar surface area (TPSA) is 64.5 Å². The van der Waals surface area contributed by atoms with Gasteiger partial charge in [-0.1, -0.05) is 12.8 Å². The molecule has 21 heavy (non-hydrogen) atoms. The molecule has 2 fully saturated rings. The molecule has 1 aliphatic carbocycles. The summed E-state index contributed by atoms with van der Waals surface area (Å²) in [5.74, 6) is 1.71. The van der Waals surface area contributed by atoms with Gasteiger partial charge in [-0.05, 0) is 25.0 Å². The predicted octanol–water partition coefficient (Wildman–Crippen LogP) is 2.47. The molecule has 1 aliphatic heterocycles. The fraction of sp³-hybridized carbons (Fsp3) is 0.600. The molecule has 112 valence electrons. The predicted molar refractivity (Wildman–Crippen MR) is 74.4 cm³/mol. The van der Waals surface area contributed by atoms with Crippen molar-refractivity contribution in [2.75, 3.05) is 13.2 Å². The first-order valence-corrected chi connectivity index (χ1v) is 7.62. The van der Waals surface area contributed by atoms with Crippen LogP contribution in [-0.4, -0.2) is 40.4 Å². The second-order valence-corrected chi connectivity index (χ2v) is 5.71. The van der Waals surface area contributed by atoms with Crippen LogP contribution in [-0.2, 0) is 11.3 Å². The number of morpholine rings is 1. The van der Waals surface area contributed by atoms with Crippen molar-refractivity contribution in [1.29, 1.82) is 0 Å². The lowest BCUT2D eigenvalue weighted by molar-refractivity contribution is -0.0930. The highest BCUT2D eigenvalue weighted by Gasteiger charge is 2.34. The van der Waals surface area contributed by atoms with Crippen LogP contribution in [0, 0.1) is 0 Å². The molecule has 0 spiro atoms. The Morgan fingerprint density at radius 1 is 1.24 bits per heavy atom. The summed E-state index contributed by atoms with van der Waals surface area (Å²) in [4.78, 5) is 2.42. The van der Waals surface area contributed by atoms with Gasteiger partial charge in [0.15, 0.2) is 5.76 Å². The molecule has 6 heteroatoms. The van der Waals surface area contributed by atoms with Gasteiger partial charge in [0.2, 0.25) is 5.89 Å². The molecule has 0 unspecified atom stereocenters. The van der Waals surface area contributed by atoms with Crippen molar-refractivity contribution in [2.24, 2.45) is 0 Å². The Morgan fingerprint density at radius 2 is 2.19 bits per heavy atom. The van der Waals surface area contributed by atoms with E-state index in [1.54, 1.807) is 6.26 Å². The van der Waals surface area contributed by atoms with Crippen LogP contribution in [0.25, 0.3) is 11.7 Å². The molecule has 3 heterocycles. The van der Waals surface area contributed by atoms with E-state index in [1.165, 1.54) is 25.7 Å². The van der Waals surface area contributed by atoms with Crippen LogP contribution < -0.4 is 0 Å². The zero-order chi connectivity index (χ0) is 14.1. The van der Waals surface area contributed by atoms with E-state index in [9.17, 15) is 0 Å². The molecule has 0 radical (unpaired) electrons. The van der Waals surface area contributed by atoms with Gasteiger partial charge in [-0.3, -0.25) is 4.90 Å². The first-order valence-electron chi connectivity index (χ1n) is 7.62. The van der Waals surface area contributed by atoms with Gasteiger partial charge < -0.3 is 13.6 Å². The lowest BCUT2D eigenvalue weighted by Crippen LogP contribution is -2.52. The fourth-order valence-corrected chi connectivity index (χ4v) is 3.36. The molecular formula is C15H19N3O3. The summed E-state index contributed by atoms with van der Waals surface area (Å²) in [7, 11) is 0. The molecule has 1 saturated carbocycles. The third-order valence-electron chi connectivity index (χ3n) is 4.38. The van der Waals surface area contributed by atoms with E-state index in [-0.39, 0.29) is 0 Å². The molecule has 6 nitrogen and oxygen atoms in total. The maximum Gasteiger partial charge on any atom is 0.283 e. The molecule has 2 aliphatic rings. The van der Waals surface area contributed by atoms with Crippen molar-refractivity contribution in [1.82, 2.24) is 15.1 Å². The van der Waals surface area contributed by atoms with Crippen molar-refractivity contribution in [3.05, 3.63) is 24.3 Å². The van der Waals surface area contributed by atoms with E-state index in [4.69, 9.17) is 13.6 Å². The number of furan rings is 1. The standard InChI is InChI=1S/C15H19N3O3/c1-2-5-12-11(4-1)18(7-9-20-12)10-14-16-17-15(21-14)13-6-3-8-19-13/h3,6,8,11-12H,1-2,4-5,7,9-10H2/t11-,12+/m0/s1. The van der Waals surface area contributed by atoms with Crippen LogP contribution in [0.5, 0.6) is 0 Å². The zero-order valence-electron chi connectivity index (χ0n) is 11.9. The van der Waals surface area contributed by atoms with Gasteiger partial charge in [0.05, 0.1) is 25.5 Å². The van der Waals surface area contributed by atoms with E-state index < -0.39 is 0 Å². The van der Waals surface area contributed by atoms with Crippen LogP contribution >= 0.6 is 0 Å². The minimum absolute atomic E-state index is 0.375. The van der Waals surface area contributed by atoms with Crippen LogP contribution in [0.2, 0.25) is 0 Å². The number of ether oxygens (including phenoxy) is 1. The smallest absolute Gasteiger partial charge is 0.283 e. The minimum atomic E-state index is 0.375. The molecule has 4 rings (SSSR count). The molecule has 0 aromatic carbocycles. The van der Waals surface area contributed by atoms with Gasteiger partial charge in [-0.15, -0.1) is 10.2 Å². The molecule has 1 saturated heterocycles. The number of fused-ring (bicyclic) bond motifs is 1. The summed E-state index contributed by atoms with van der Waals surface area (Å²) in [5, 5.41) is 8.20.